The van der Waals surface area contributed by atoms with Gasteiger partial charge in [0, 0.05) is 6.42 Å². The molecule has 1 aliphatic rings. The zero-order valence-electron chi connectivity index (χ0n) is 20.8. The number of hydrogen-bond donors (Lipinski definition) is 0. The SMILES string of the molecule is COc1ccc(-c2ccc(Cc3c(CCCN4CCCC4)nnn3-c3ccc(C)cc3)cc2)cc1. The van der Waals surface area contributed by atoms with Crippen molar-refractivity contribution in [3.63, 3.8) is 0 Å². The lowest BCUT2D eigenvalue weighted by molar-refractivity contribution is 0.333. The smallest absolute Gasteiger partial charge is 0.118 e. The van der Waals surface area contributed by atoms with Gasteiger partial charge in [0.05, 0.1) is 24.2 Å². The van der Waals surface area contributed by atoms with Gasteiger partial charge in [-0.3, -0.25) is 0 Å². The van der Waals surface area contributed by atoms with Crippen molar-refractivity contribution in [1.82, 2.24) is 19.9 Å². The van der Waals surface area contributed by atoms with Crippen molar-refractivity contribution in [1.29, 1.82) is 0 Å². The highest BCUT2D eigenvalue weighted by molar-refractivity contribution is 5.64. The lowest BCUT2D eigenvalue weighted by Gasteiger charge is -2.14. The number of methoxy groups -OCH3 is 1. The maximum atomic E-state index is 5.29. The lowest BCUT2D eigenvalue weighted by Crippen LogP contribution is -2.20. The van der Waals surface area contributed by atoms with E-state index in [1.807, 2.05) is 16.8 Å². The van der Waals surface area contributed by atoms with Crippen LogP contribution in [0.3, 0.4) is 0 Å². The molecule has 0 amide bonds. The Bertz CT molecular complexity index is 1220. The molecule has 0 atom stereocenters. The minimum Gasteiger partial charge on any atom is -0.497 e. The molecule has 5 heteroatoms. The number of aromatic nitrogens is 3. The van der Waals surface area contributed by atoms with Crippen LogP contribution in [0.15, 0.2) is 72.8 Å². The summed E-state index contributed by atoms with van der Waals surface area (Å²) in [6.07, 6.45) is 5.56. The van der Waals surface area contributed by atoms with E-state index in [0.29, 0.717) is 0 Å². The van der Waals surface area contributed by atoms with Crippen LogP contribution in [-0.2, 0) is 12.8 Å². The van der Waals surface area contributed by atoms with Gasteiger partial charge in [0.25, 0.3) is 0 Å². The first-order valence-corrected chi connectivity index (χ1v) is 12.7. The molecule has 1 aliphatic heterocycles. The van der Waals surface area contributed by atoms with Gasteiger partial charge in [0.1, 0.15) is 5.75 Å². The summed E-state index contributed by atoms with van der Waals surface area (Å²) in [5, 5.41) is 9.22. The molecule has 3 aromatic carbocycles. The van der Waals surface area contributed by atoms with E-state index >= 15 is 0 Å². The van der Waals surface area contributed by atoms with Gasteiger partial charge in [0.2, 0.25) is 0 Å². The zero-order valence-corrected chi connectivity index (χ0v) is 20.8. The van der Waals surface area contributed by atoms with E-state index in [1.165, 1.54) is 53.9 Å². The summed E-state index contributed by atoms with van der Waals surface area (Å²) in [5.74, 6) is 0.875. The normalized spacial score (nSPS) is 13.9. The fourth-order valence-electron chi connectivity index (χ4n) is 4.87. The van der Waals surface area contributed by atoms with Gasteiger partial charge in [-0.15, -0.1) is 5.10 Å². The van der Waals surface area contributed by atoms with Crippen molar-refractivity contribution >= 4 is 0 Å². The Kier molecular flexibility index (Phi) is 7.24. The zero-order chi connectivity index (χ0) is 24.0. The fraction of sp³-hybridized carbons (Fsp3) is 0.333. The molecule has 4 aromatic rings. The van der Waals surface area contributed by atoms with Crippen LogP contribution in [-0.4, -0.2) is 46.6 Å². The quantitative estimate of drug-likeness (QED) is 0.309. The largest absolute Gasteiger partial charge is 0.497 e. The van der Waals surface area contributed by atoms with E-state index in [0.717, 1.165) is 42.9 Å². The summed E-state index contributed by atoms with van der Waals surface area (Å²) in [6.45, 7) is 5.74. The molecule has 1 saturated heterocycles. The van der Waals surface area contributed by atoms with E-state index in [9.17, 15) is 0 Å². The molecule has 0 saturated carbocycles. The van der Waals surface area contributed by atoms with Gasteiger partial charge in [-0.05, 0) is 93.2 Å². The summed E-state index contributed by atoms with van der Waals surface area (Å²) in [6, 6.07) is 25.6. The number of ether oxygens (including phenoxy) is 1. The van der Waals surface area contributed by atoms with E-state index in [2.05, 4.69) is 82.8 Å². The second kappa shape index (κ2) is 10.9. The van der Waals surface area contributed by atoms with E-state index in [4.69, 9.17) is 4.74 Å². The van der Waals surface area contributed by atoms with E-state index in [-0.39, 0.29) is 0 Å². The molecular formula is C30H34N4O. The Hall–Kier alpha value is -3.44. The molecule has 0 spiro atoms. The molecule has 0 N–H and O–H groups in total. The first-order chi connectivity index (χ1) is 17.2. The van der Waals surface area contributed by atoms with Crippen LogP contribution in [0.1, 0.15) is 41.8 Å². The van der Waals surface area contributed by atoms with Crippen LogP contribution in [0.2, 0.25) is 0 Å². The van der Waals surface area contributed by atoms with E-state index < -0.39 is 0 Å². The predicted molar refractivity (Wildman–Crippen MR) is 141 cm³/mol. The number of rotatable bonds is 9. The highest BCUT2D eigenvalue weighted by Crippen LogP contribution is 2.25. The van der Waals surface area contributed by atoms with Gasteiger partial charge in [-0.1, -0.05) is 59.3 Å². The average Bonchev–Trinajstić information content (AvgIpc) is 3.56. The van der Waals surface area contributed by atoms with Crippen LogP contribution < -0.4 is 4.74 Å². The summed E-state index contributed by atoms with van der Waals surface area (Å²) < 4.78 is 7.32. The highest BCUT2D eigenvalue weighted by atomic mass is 16.5. The molecule has 180 valence electrons. The van der Waals surface area contributed by atoms with Crippen molar-refractivity contribution in [3.8, 4) is 22.6 Å². The second-order valence-electron chi connectivity index (χ2n) is 9.48. The summed E-state index contributed by atoms with van der Waals surface area (Å²) in [5.41, 5.74) is 8.27. The third-order valence-electron chi connectivity index (χ3n) is 6.96. The first-order valence-electron chi connectivity index (χ1n) is 12.7. The molecule has 35 heavy (non-hydrogen) atoms. The van der Waals surface area contributed by atoms with Crippen molar-refractivity contribution in [2.45, 2.75) is 39.0 Å². The molecule has 5 rings (SSSR count). The van der Waals surface area contributed by atoms with Crippen molar-refractivity contribution in [3.05, 3.63) is 95.3 Å². The summed E-state index contributed by atoms with van der Waals surface area (Å²) >= 11 is 0. The molecular weight excluding hydrogens is 432 g/mol. The van der Waals surface area contributed by atoms with Gasteiger partial charge in [-0.25, -0.2) is 4.68 Å². The maximum absolute atomic E-state index is 5.29. The van der Waals surface area contributed by atoms with Crippen molar-refractivity contribution in [2.24, 2.45) is 0 Å². The fourth-order valence-corrected chi connectivity index (χ4v) is 4.87. The second-order valence-corrected chi connectivity index (χ2v) is 9.48. The van der Waals surface area contributed by atoms with Crippen LogP contribution in [0.5, 0.6) is 5.75 Å². The third kappa shape index (κ3) is 5.63. The van der Waals surface area contributed by atoms with Crippen LogP contribution in [0, 0.1) is 6.92 Å². The molecule has 0 bridgehead atoms. The topological polar surface area (TPSA) is 43.2 Å². The number of hydrogen-bond acceptors (Lipinski definition) is 4. The van der Waals surface area contributed by atoms with Gasteiger partial charge in [-0.2, -0.15) is 0 Å². The minimum absolute atomic E-state index is 0.808. The lowest BCUT2D eigenvalue weighted by atomic mass is 10.0. The molecule has 0 aliphatic carbocycles. The molecule has 1 fully saturated rings. The number of nitrogens with zero attached hydrogens (tertiary/aromatic N) is 4. The Morgan fingerprint density at radius 1 is 0.829 bits per heavy atom. The number of likely N-dealkylation sites (tertiary alicyclic amines) is 1. The van der Waals surface area contributed by atoms with Gasteiger partial charge >= 0.3 is 0 Å². The molecule has 5 nitrogen and oxygen atoms in total. The summed E-state index contributed by atoms with van der Waals surface area (Å²) in [7, 11) is 1.70. The van der Waals surface area contributed by atoms with E-state index in [1.54, 1.807) is 7.11 Å². The van der Waals surface area contributed by atoms with Crippen LogP contribution in [0.4, 0.5) is 0 Å². The number of aryl methyl sites for hydroxylation is 2. The Labute approximate surface area is 208 Å². The number of benzene rings is 3. The summed E-state index contributed by atoms with van der Waals surface area (Å²) in [4.78, 5) is 2.57. The Balaban J connectivity index is 1.36. The van der Waals surface area contributed by atoms with Crippen LogP contribution >= 0.6 is 0 Å². The van der Waals surface area contributed by atoms with Gasteiger partial charge in [0.15, 0.2) is 0 Å². The molecule has 2 heterocycles. The Morgan fingerprint density at radius 3 is 2.14 bits per heavy atom. The first kappa shape index (κ1) is 23.3. The maximum Gasteiger partial charge on any atom is 0.118 e. The predicted octanol–water partition coefficient (Wildman–Crippen LogP) is 5.87. The molecule has 0 radical (unpaired) electrons. The van der Waals surface area contributed by atoms with Gasteiger partial charge < -0.3 is 9.64 Å². The third-order valence-corrected chi connectivity index (χ3v) is 6.96. The average molecular weight is 467 g/mol. The van der Waals surface area contributed by atoms with Crippen LogP contribution in [0.25, 0.3) is 16.8 Å². The molecule has 1 aromatic heterocycles. The minimum atomic E-state index is 0.808. The standard InChI is InChI=1S/C30H34N4O/c1-23-7-15-27(16-8-23)34-30(29(31-32-34)6-5-21-33-19-3-4-20-33)22-24-9-11-25(12-10-24)26-13-17-28(35-2)18-14-26/h7-18H,3-6,19-22H2,1-2H3. The van der Waals surface area contributed by atoms with Crippen molar-refractivity contribution in [2.75, 3.05) is 26.7 Å². The monoisotopic (exact) mass is 466 g/mol. The molecule has 0 unspecified atom stereocenters. The highest BCUT2D eigenvalue weighted by Gasteiger charge is 2.17. The Morgan fingerprint density at radius 2 is 1.49 bits per heavy atom. The van der Waals surface area contributed by atoms with Crippen molar-refractivity contribution < 1.29 is 4.74 Å².